The van der Waals surface area contributed by atoms with Crippen LogP contribution in [0.15, 0.2) is 46.6 Å². The number of nitrogens with zero attached hydrogens (tertiary/aromatic N) is 8. The summed E-state index contributed by atoms with van der Waals surface area (Å²) in [5.74, 6) is -1.84. The van der Waals surface area contributed by atoms with Crippen LogP contribution in [0.4, 0.5) is 9.18 Å². The first kappa shape index (κ1) is 25.0. The number of guanidine groups is 2. The molecule has 2 aromatic heterocycles. The molecule has 16 heteroatoms. The van der Waals surface area contributed by atoms with Gasteiger partial charge in [0.05, 0.1) is 31.0 Å². The van der Waals surface area contributed by atoms with Crippen molar-refractivity contribution in [1.29, 1.82) is 0 Å². The van der Waals surface area contributed by atoms with Crippen molar-refractivity contribution in [3.05, 3.63) is 42.4 Å². The number of carbonyl (C=O) groups excluding carboxylic acids is 4. The molecule has 204 valence electrons. The fourth-order valence-corrected chi connectivity index (χ4v) is 4.98. The maximum atomic E-state index is 14.5. The summed E-state index contributed by atoms with van der Waals surface area (Å²) in [6.07, 6.45) is 1.43. The van der Waals surface area contributed by atoms with Crippen molar-refractivity contribution in [2.45, 2.75) is 25.2 Å². The number of hydrogen-bond acceptors (Lipinski definition) is 9. The molecule has 0 spiro atoms. The van der Waals surface area contributed by atoms with Gasteiger partial charge in [0.25, 0.3) is 5.91 Å². The van der Waals surface area contributed by atoms with E-state index in [9.17, 15) is 23.6 Å². The average Bonchev–Trinajstić information content (AvgIpc) is 3.66. The van der Waals surface area contributed by atoms with Gasteiger partial charge in [-0.25, -0.2) is 9.18 Å². The van der Waals surface area contributed by atoms with E-state index in [0.717, 1.165) is 16.0 Å². The summed E-state index contributed by atoms with van der Waals surface area (Å²) >= 11 is 0. The van der Waals surface area contributed by atoms with Crippen molar-refractivity contribution in [2.24, 2.45) is 15.7 Å². The number of rotatable bonds is 5. The van der Waals surface area contributed by atoms with Crippen LogP contribution in [0.5, 0.6) is 0 Å². The third-order valence-corrected chi connectivity index (χ3v) is 6.82. The molecule has 3 aromatic rings. The lowest BCUT2D eigenvalue weighted by Crippen LogP contribution is -2.57. The van der Waals surface area contributed by atoms with Gasteiger partial charge >= 0.3 is 6.03 Å². The number of nitrogens with two attached hydrogens (primary N) is 1. The highest BCUT2D eigenvalue weighted by molar-refractivity contribution is 6.17. The van der Waals surface area contributed by atoms with E-state index in [1.54, 1.807) is 30.5 Å². The van der Waals surface area contributed by atoms with E-state index in [4.69, 9.17) is 5.73 Å². The van der Waals surface area contributed by atoms with Gasteiger partial charge in [0.1, 0.15) is 18.8 Å². The lowest BCUT2D eigenvalue weighted by atomic mass is 10.0. The van der Waals surface area contributed by atoms with E-state index in [0.29, 0.717) is 24.0 Å². The Bertz CT molecular complexity index is 1620. The fourth-order valence-electron chi connectivity index (χ4n) is 4.98. The molecule has 6 rings (SSSR count). The van der Waals surface area contributed by atoms with Gasteiger partial charge < -0.3 is 10.6 Å². The lowest BCUT2D eigenvalue weighted by molar-refractivity contribution is -0.138. The normalized spacial score (nSPS) is 20.2. The van der Waals surface area contributed by atoms with Gasteiger partial charge in [-0.3, -0.25) is 39.6 Å². The molecule has 1 saturated heterocycles. The van der Waals surface area contributed by atoms with Gasteiger partial charge in [0.15, 0.2) is 5.69 Å². The molecule has 2 atom stereocenters. The molecule has 1 aromatic carbocycles. The highest BCUT2D eigenvalue weighted by Crippen LogP contribution is 2.27. The van der Waals surface area contributed by atoms with E-state index in [1.165, 1.54) is 15.8 Å². The van der Waals surface area contributed by atoms with Crippen LogP contribution in [-0.4, -0.2) is 97.3 Å². The second kappa shape index (κ2) is 9.79. The summed E-state index contributed by atoms with van der Waals surface area (Å²) in [4.78, 5) is 61.1. The van der Waals surface area contributed by atoms with Crippen LogP contribution in [0, 0.1) is 0 Å². The predicted octanol–water partition coefficient (Wildman–Crippen LogP) is -0.602. The molecule has 5 amide bonds. The lowest BCUT2D eigenvalue weighted by Gasteiger charge is -2.28. The molecule has 0 aliphatic carbocycles. The minimum Gasteiger partial charge on any atom is -0.364 e. The van der Waals surface area contributed by atoms with E-state index in [1.807, 2.05) is 0 Å². The molecule has 4 N–H and O–H groups in total. The van der Waals surface area contributed by atoms with Crippen molar-refractivity contribution in [1.82, 2.24) is 40.4 Å². The maximum absolute atomic E-state index is 14.5. The predicted molar refractivity (Wildman–Crippen MR) is 137 cm³/mol. The topological polar surface area (TPSA) is 193 Å². The molecule has 0 radical (unpaired) electrons. The van der Waals surface area contributed by atoms with Gasteiger partial charge in [0, 0.05) is 23.9 Å². The molecule has 15 nitrogen and oxygen atoms in total. The Morgan fingerprint density at radius 3 is 2.80 bits per heavy atom. The number of carbonyl (C=O) groups is 4. The number of nitrogens with one attached hydrogen (secondary N) is 2. The smallest absolute Gasteiger partial charge is 0.350 e. The zero-order valence-corrected chi connectivity index (χ0v) is 20.8. The second-order valence-electron chi connectivity index (χ2n) is 9.34. The third kappa shape index (κ3) is 4.48. The highest BCUT2D eigenvalue weighted by atomic mass is 19.1. The number of amides is 5. The summed E-state index contributed by atoms with van der Waals surface area (Å²) in [5.41, 5.74) is 7.46. The first-order chi connectivity index (χ1) is 19.3. The van der Waals surface area contributed by atoms with Gasteiger partial charge in [-0.05, 0) is 23.8 Å². The van der Waals surface area contributed by atoms with Crippen LogP contribution in [0.1, 0.15) is 16.9 Å². The van der Waals surface area contributed by atoms with Crippen molar-refractivity contribution in [3.8, 4) is 11.1 Å². The van der Waals surface area contributed by atoms with Crippen LogP contribution in [0.3, 0.4) is 0 Å². The SMILES string of the molecule is NC(=O)c1nn(CC(=O)N2CC(F)CC2C(=O)NC2=NC(=O)NC3=NCCN32)c2ccc(-c3ccnnc3)cc12. The molecule has 5 heterocycles. The Labute approximate surface area is 224 Å². The summed E-state index contributed by atoms with van der Waals surface area (Å²) in [7, 11) is 0. The maximum Gasteiger partial charge on any atom is 0.350 e. The zero-order valence-electron chi connectivity index (χ0n) is 20.8. The Kier molecular flexibility index (Phi) is 6.13. The van der Waals surface area contributed by atoms with E-state index >= 15 is 0 Å². The van der Waals surface area contributed by atoms with E-state index < -0.39 is 36.0 Å². The van der Waals surface area contributed by atoms with Crippen LogP contribution in [-0.2, 0) is 16.1 Å². The van der Waals surface area contributed by atoms with Crippen molar-refractivity contribution in [2.75, 3.05) is 19.6 Å². The molecule has 3 aliphatic heterocycles. The zero-order chi connectivity index (χ0) is 28.0. The van der Waals surface area contributed by atoms with Crippen LogP contribution in [0.25, 0.3) is 22.0 Å². The highest BCUT2D eigenvalue weighted by Gasteiger charge is 2.41. The number of aromatic nitrogens is 4. The van der Waals surface area contributed by atoms with Gasteiger partial charge in [-0.1, -0.05) is 6.07 Å². The molecular weight excluding hydrogens is 525 g/mol. The van der Waals surface area contributed by atoms with Crippen LogP contribution < -0.4 is 16.4 Å². The third-order valence-electron chi connectivity index (χ3n) is 6.82. The number of hydrogen-bond donors (Lipinski definition) is 3. The van der Waals surface area contributed by atoms with Gasteiger partial charge in [-0.2, -0.15) is 20.3 Å². The number of likely N-dealkylation sites (tertiary alicyclic amines) is 1. The number of alkyl halides is 1. The molecule has 1 fully saturated rings. The van der Waals surface area contributed by atoms with Crippen molar-refractivity contribution >= 4 is 46.6 Å². The Morgan fingerprint density at radius 1 is 1.18 bits per heavy atom. The minimum absolute atomic E-state index is 0.0379. The molecule has 0 bridgehead atoms. The number of fused-ring (bicyclic) bond motifs is 2. The summed E-state index contributed by atoms with van der Waals surface area (Å²) in [5, 5.41) is 17.3. The van der Waals surface area contributed by atoms with E-state index in [2.05, 4.69) is 35.9 Å². The summed E-state index contributed by atoms with van der Waals surface area (Å²) in [6, 6.07) is 5.07. The molecule has 3 aliphatic rings. The van der Waals surface area contributed by atoms with Gasteiger partial charge in [0.2, 0.25) is 23.7 Å². The molecular formula is C24H22FN11O4. The Morgan fingerprint density at radius 2 is 2.02 bits per heavy atom. The Balaban J connectivity index is 1.24. The molecule has 0 saturated carbocycles. The summed E-state index contributed by atoms with van der Waals surface area (Å²) in [6.45, 7) is 0.114. The standard InChI is InChI=1S/C24H22FN11O4/c25-14-8-17(21(39)30-23-32-24(40)31-22-27-5-6-34(22)23)35(10-14)18(37)11-36-16-2-1-12(13-3-4-28-29-9-13)7-15(16)19(33-36)20(26)38/h1-4,7,9,14,17H,5-6,8,10-11H2,(H2,26,38)(H2,27,30,31,32,39,40). The van der Waals surface area contributed by atoms with E-state index in [-0.39, 0.29) is 37.1 Å². The largest absolute Gasteiger partial charge is 0.364 e. The van der Waals surface area contributed by atoms with Crippen molar-refractivity contribution in [3.63, 3.8) is 0 Å². The molecule has 40 heavy (non-hydrogen) atoms. The number of urea groups is 1. The first-order valence-electron chi connectivity index (χ1n) is 12.3. The monoisotopic (exact) mass is 547 g/mol. The number of primary amides is 1. The van der Waals surface area contributed by atoms with Crippen LogP contribution >= 0.6 is 0 Å². The second-order valence-corrected chi connectivity index (χ2v) is 9.34. The average molecular weight is 548 g/mol. The van der Waals surface area contributed by atoms with Crippen LogP contribution in [0.2, 0.25) is 0 Å². The number of halogens is 1. The molecule has 2 unspecified atom stereocenters. The Hall–Kier alpha value is -5.28. The fraction of sp³-hybridized carbons (Fsp3) is 0.292. The quantitative estimate of drug-likeness (QED) is 0.377. The number of aliphatic imine (C=N–C) groups is 2. The van der Waals surface area contributed by atoms with Crippen molar-refractivity contribution < 1.29 is 23.6 Å². The summed E-state index contributed by atoms with van der Waals surface area (Å²) < 4.78 is 15.8. The van der Waals surface area contributed by atoms with Gasteiger partial charge in [-0.15, -0.1) is 0 Å². The number of benzene rings is 1. The first-order valence-corrected chi connectivity index (χ1v) is 12.3. The minimum atomic E-state index is -1.44.